The zero-order valence-corrected chi connectivity index (χ0v) is 12.6. The fraction of sp³-hybridized carbons (Fsp3) is 0.250. The number of rotatable bonds is 5. The van der Waals surface area contributed by atoms with Crippen LogP contribution in [0.1, 0.15) is 12.8 Å². The van der Waals surface area contributed by atoms with E-state index in [9.17, 15) is 0 Å². The van der Waals surface area contributed by atoms with E-state index in [1.54, 1.807) is 34.9 Å². The van der Waals surface area contributed by atoms with E-state index in [1.165, 1.54) is 0 Å². The average Bonchev–Trinajstić information content (AvgIpc) is 3.02. The number of nitrogens with zero attached hydrogens (tertiary/aromatic N) is 3. The molecule has 0 aliphatic carbocycles. The van der Waals surface area contributed by atoms with Crippen molar-refractivity contribution >= 4 is 46.0 Å². The zero-order valence-electron chi connectivity index (χ0n) is 10.2. The van der Waals surface area contributed by atoms with Crippen LogP contribution in [0.15, 0.2) is 37.4 Å². The van der Waals surface area contributed by atoms with Gasteiger partial charge in [-0.2, -0.15) is 0 Å². The van der Waals surface area contributed by atoms with Crippen molar-refractivity contribution in [3.63, 3.8) is 0 Å². The minimum atomic E-state index is 0.681. The largest absolute Gasteiger partial charge is 0.440 e. The predicted octanol–water partition coefficient (Wildman–Crippen LogP) is 4.08. The van der Waals surface area contributed by atoms with Crippen molar-refractivity contribution in [3.05, 3.63) is 30.2 Å². The summed E-state index contributed by atoms with van der Waals surface area (Å²) in [6.45, 7) is 2.11. The number of fused-ring (bicyclic) bond motifs is 1. The van der Waals surface area contributed by atoms with Crippen LogP contribution in [0.4, 0.5) is 0 Å². The van der Waals surface area contributed by atoms with Crippen LogP contribution in [-0.4, -0.2) is 20.9 Å². The first-order chi connectivity index (χ1) is 9.35. The first-order valence-corrected chi connectivity index (χ1v) is 8.57. The van der Waals surface area contributed by atoms with Crippen LogP contribution in [0.3, 0.4) is 0 Å². The third-order valence-corrected chi connectivity index (χ3v) is 5.37. The summed E-state index contributed by atoms with van der Waals surface area (Å²) < 4.78 is 7.64. The second-order valence-electron chi connectivity index (χ2n) is 3.63. The Labute approximate surface area is 123 Å². The van der Waals surface area contributed by atoms with Gasteiger partial charge in [-0.1, -0.05) is 53.9 Å². The van der Waals surface area contributed by atoms with Crippen molar-refractivity contribution in [2.24, 2.45) is 0 Å². The summed E-state index contributed by atoms with van der Waals surface area (Å²) in [5.74, 6) is 2.43. The molecule has 0 bridgehead atoms. The Morgan fingerprint density at radius 2 is 1.95 bits per heavy atom. The van der Waals surface area contributed by atoms with Crippen LogP contribution >= 0.6 is 34.9 Å². The van der Waals surface area contributed by atoms with Gasteiger partial charge in [-0.05, 0) is 17.9 Å². The number of benzene rings is 1. The van der Waals surface area contributed by atoms with Crippen molar-refractivity contribution in [2.75, 3.05) is 5.75 Å². The molecule has 7 heteroatoms. The monoisotopic (exact) mass is 309 g/mol. The molecule has 0 aliphatic rings. The molecule has 19 heavy (non-hydrogen) atoms. The molecule has 98 valence electrons. The van der Waals surface area contributed by atoms with Gasteiger partial charge in [0, 0.05) is 0 Å². The fourth-order valence-corrected chi connectivity index (χ4v) is 4.30. The summed E-state index contributed by atoms with van der Waals surface area (Å²) in [5.41, 5.74) is 1.73. The molecule has 1 aromatic carbocycles. The zero-order chi connectivity index (χ0) is 13.1. The maximum Gasteiger partial charge on any atom is 0.205 e. The summed E-state index contributed by atoms with van der Waals surface area (Å²) in [6.07, 6.45) is 0. The number of aromatic nitrogens is 3. The van der Waals surface area contributed by atoms with Gasteiger partial charge in [0.1, 0.15) is 5.52 Å². The van der Waals surface area contributed by atoms with Crippen LogP contribution in [0.5, 0.6) is 0 Å². The third-order valence-electron chi connectivity index (χ3n) is 2.31. The molecular weight excluding hydrogens is 298 g/mol. The lowest BCUT2D eigenvalue weighted by molar-refractivity contribution is 0.556. The molecule has 0 saturated heterocycles. The number of para-hydroxylation sites is 2. The lowest BCUT2D eigenvalue weighted by Gasteiger charge is -1.90. The Morgan fingerprint density at radius 1 is 1.16 bits per heavy atom. The SMILES string of the molecule is CCSc1nnc(SCc2nc3ccccc3o2)s1. The van der Waals surface area contributed by atoms with Crippen molar-refractivity contribution in [3.8, 4) is 0 Å². The highest BCUT2D eigenvalue weighted by Gasteiger charge is 2.09. The molecule has 0 aliphatic heterocycles. The van der Waals surface area contributed by atoms with Gasteiger partial charge in [-0.3, -0.25) is 0 Å². The highest BCUT2D eigenvalue weighted by molar-refractivity contribution is 8.02. The van der Waals surface area contributed by atoms with E-state index in [-0.39, 0.29) is 0 Å². The van der Waals surface area contributed by atoms with Crippen molar-refractivity contribution in [1.82, 2.24) is 15.2 Å². The van der Waals surface area contributed by atoms with Gasteiger partial charge in [0.05, 0.1) is 5.75 Å². The Kier molecular flexibility index (Phi) is 4.05. The normalized spacial score (nSPS) is 11.2. The van der Waals surface area contributed by atoms with E-state index in [0.717, 1.165) is 31.4 Å². The smallest absolute Gasteiger partial charge is 0.205 e. The molecule has 0 unspecified atom stereocenters. The molecule has 0 radical (unpaired) electrons. The predicted molar refractivity (Wildman–Crippen MR) is 79.9 cm³/mol. The molecule has 4 nitrogen and oxygen atoms in total. The summed E-state index contributed by atoms with van der Waals surface area (Å²) in [6, 6.07) is 7.79. The maximum atomic E-state index is 5.66. The topological polar surface area (TPSA) is 51.8 Å². The Bertz CT molecular complexity index is 646. The molecule has 0 spiro atoms. The van der Waals surface area contributed by atoms with Gasteiger partial charge < -0.3 is 4.42 Å². The molecular formula is C12H11N3OS3. The van der Waals surface area contributed by atoms with E-state index in [2.05, 4.69) is 22.1 Å². The molecule has 3 aromatic rings. The average molecular weight is 309 g/mol. The van der Waals surface area contributed by atoms with E-state index < -0.39 is 0 Å². The number of hydrogen-bond donors (Lipinski definition) is 0. The van der Waals surface area contributed by atoms with Crippen LogP contribution in [0.2, 0.25) is 0 Å². The first-order valence-electron chi connectivity index (χ1n) is 5.78. The standard InChI is InChI=1S/C12H11N3OS3/c1-2-17-11-14-15-12(19-11)18-7-10-13-8-5-3-4-6-9(8)16-10/h3-6H,2,7H2,1H3. The highest BCUT2D eigenvalue weighted by atomic mass is 32.2. The minimum absolute atomic E-state index is 0.681. The van der Waals surface area contributed by atoms with Gasteiger partial charge >= 0.3 is 0 Å². The molecule has 2 aromatic heterocycles. The van der Waals surface area contributed by atoms with Crippen LogP contribution in [-0.2, 0) is 5.75 Å². The van der Waals surface area contributed by atoms with Gasteiger partial charge in [-0.15, -0.1) is 10.2 Å². The van der Waals surface area contributed by atoms with Gasteiger partial charge in [-0.25, -0.2) is 4.98 Å². The van der Waals surface area contributed by atoms with E-state index in [0.29, 0.717) is 5.75 Å². The Hall–Kier alpha value is -1.05. The molecule has 0 saturated carbocycles. The second-order valence-corrected chi connectivity index (χ2v) is 7.34. The third kappa shape index (κ3) is 3.10. The summed E-state index contributed by atoms with van der Waals surface area (Å²) in [4.78, 5) is 4.43. The van der Waals surface area contributed by atoms with Crippen molar-refractivity contribution < 1.29 is 4.42 Å². The van der Waals surface area contributed by atoms with Crippen LogP contribution in [0, 0.1) is 0 Å². The van der Waals surface area contributed by atoms with E-state index >= 15 is 0 Å². The van der Waals surface area contributed by atoms with Crippen molar-refractivity contribution in [1.29, 1.82) is 0 Å². The molecule has 0 amide bonds. The number of thioether (sulfide) groups is 2. The van der Waals surface area contributed by atoms with Gasteiger partial charge in [0.15, 0.2) is 14.3 Å². The Morgan fingerprint density at radius 3 is 2.74 bits per heavy atom. The molecule has 2 heterocycles. The summed E-state index contributed by atoms with van der Waals surface area (Å²) in [7, 11) is 0. The lowest BCUT2D eigenvalue weighted by atomic mass is 10.3. The van der Waals surface area contributed by atoms with Crippen molar-refractivity contribution in [2.45, 2.75) is 21.4 Å². The van der Waals surface area contributed by atoms with Crippen LogP contribution in [0.25, 0.3) is 11.1 Å². The fourth-order valence-electron chi connectivity index (χ4n) is 1.54. The quantitative estimate of drug-likeness (QED) is 0.662. The van der Waals surface area contributed by atoms with Gasteiger partial charge in [0.2, 0.25) is 5.89 Å². The molecule has 3 rings (SSSR count). The summed E-state index contributed by atoms with van der Waals surface area (Å²) >= 11 is 4.94. The molecule has 0 N–H and O–H groups in total. The maximum absolute atomic E-state index is 5.66. The number of oxazole rings is 1. The number of hydrogen-bond acceptors (Lipinski definition) is 7. The van der Waals surface area contributed by atoms with Gasteiger partial charge in [0.25, 0.3) is 0 Å². The van der Waals surface area contributed by atoms with E-state index in [4.69, 9.17) is 4.42 Å². The Balaban J connectivity index is 1.67. The summed E-state index contributed by atoms with van der Waals surface area (Å²) in [5, 5.41) is 8.27. The molecule has 0 fully saturated rings. The second kappa shape index (κ2) is 5.94. The first kappa shape index (κ1) is 13.0. The highest BCUT2D eigenvalue weighted by Crippen LogP contribution is 2.30. The van der Waals surface area contributed by atoms with E-state index in [1.807, 2.05) is 24.3 Å². The van der Waals surface area contributed by atoms with Crippen LogP contribution < -0.4 is 0 Å². The molecule has 0 atom stereocenters. The lowest BCUT2D eigenvalue weighted by Crippen LogP contribution is -1.79. The minimum Gasteiger partial charge on any atom is -0.440 e.